The number of hydrogen-bond donors (Lipinski definition) is 1. The molecule has 0 saturated carbocycles. The Morgan fingerprint density at radius 2 is 1.22 bits per heavy atom. The minimum Gasteiger partial charge on any atom is -0.445 e. The molecule has 7 rings (SSSR count). The molecule has 63 heavy (non-hydrogen) atoms. The lowest BCUT2D eigenvalue weighted by Crippen LogP contribution is -2.67. The van der Waals surface area contributed by atoms with Crippen LogP contribution in [0.1, 0.15) is 28.2 Å². The second-order valence-electron chi connectivity index (χ2n) is 14.4. The first-order valence-corrected chi connectivity index (χ1v) is 20.8. The summed E-state index contributed by atoms with van der Waals surface area (Å²) < 4.78 is 83.5. The molecule has 17 heteroatoms. The van der Waals surface area contributed by atoms with Crippen molar-refractivity contribution in [2.75, 3.05) is 19.8 Å². The molecule has 1 amide bonds. The Bertz CT molecular complexity index is 2280. The average molecular weight is 928 g/mol. The molecule has 0 spiro atoms. The number of aliphatic imine (C=N–C) groups is 1. The molecule has 1 N–H and O–H groups in total. The first-order valence-electron chi connectivity index (χ1n) is 19.6. The monoisotopic (exact) mass is 926 g/mol. The SMILES string of the molecule is O=C(NC1C(OCc2ccccc2)[C@H](OC(=O)OCC2c3ccccc3-c3ccccc32)C(COCc2ccccc2)O[C@H]1OC(=Nc1ccccc1)C(F)(F)F)OCC(Cl)(Cl)Cl. The van der Waals surface area contributed by atoms with Gasteiger partial charge in [-0.3, -0.25) is 0 Å². The predicted molar refractivity (Wildman–Crippen MR) is 229 cm³/mol. The van der Waals surface area contributed by atoms with E-state index in [2.05, 4.69) is 10.3 Å². The zero-order valence-electron chi connectivity index (χ0n) is 33.2. The Labute approximate surface area is 375 Å². The Kier molecular flexibility index (Phi) is 15.1. The van der Waals surface area contributed by atoms with Crippen molar-refractivity contribution in [3.63, 3.8) is 0 Å². The van der Waals surface area contributed by atoms with E-state index in [9.17, 15) is 22.8 Å². The standard InChI is InChI=1S/C46H40Cl3F3N2O9/c47-45(48,49)28-60-43(55)54-38-40(58-25-30-16-6-2-7-17-30)39(62-44(56)59-26-36-34-22-12-10-20-32(34)33-21-11-13-23-35(33)36)37(27-57-24-29-14-4-1-5-15-29)61-41(38)63-42(46(50,51)52)53-31-18-8-3-9-19-31/h1-23,36-41H,24-28H2,(H,54,55)/t37?,38?,39-,40?,41+/m1/s1. The van der Waals surface area contributed by atoms with Gasteiger partial charge < -0.3 is 38.5 Å². The smallest absolute Gasteiger partial charge is 0.445 e. The summed E-state index contributed by atoms with van der Waals surface area (Å²) in [4.78, 5) is 31.1. The molecule has 1 fully saturated rings. The highest BCUT2D eigenvalue weighted by Crippen LogP contribution is 2.44. The second kappa shape index (κ2) is 20.9. The zero-order chi connectivity index (χ0) is 44.4. The number of carbonyl (C=O) groups excluding carboxylic acids is 2. The van der Waals surface area contributed by atoms with Gasteiger partial charge in [-0.25, -0.2) is 14.6 Å². The van der Waals surface area contributed by atoms with E-state index in [1.165, 1.54) is 24.3 Å². The molecular formula is C46H40Cl3F3N2O9. The van der Waals surface area contributed by atoms with Crippen LogP contribution in [0.15, 0.2) is 145 Å². The third-order valence-electron chi connectivity index (χ3n) is 10.00. The van der Waals surface area contributed by atoms with Gasteiger partial charge in [0.25, 0.3) is 5.90 Å². The fourth-order valence-electron chi connectivity index (χ4n) is 7.21. The van der Waals surface area contributed by atoms with Crippen molar-refractivity contribution in [2.45, 2.75) is 59.7 Å². The largest absolute Gasteiger partial charge is 0.508 e. The van der Waals surface area contributed by atoms with E-state index in [4.69, 9.17) is 68.0 Å². The Morgan fingerprint density at radius 3 is 1.81 bits per heavy atom. The van der Waals surface area contributed by atoms with Crippen molar-refractivity contribution in [1.29, 1.82) is 0 Å². The number of nitrogens with one attached hydrogen (secondary N) is 1. The molecule has 5 atom stereocenters. The lowest BCUT2D eigenvalue weighted by molar-refractivity contribution is -0.267. The number of benzene rings is 5. The fourth-order valence-corrected chi connectivity index (χ4v) is 7.38. The van der Waals surface area contributed by atoms with E-state index in [1.807, 2.05) is 66.7 Å². The molecular weight excluding hydrogens is 888 g/mol. The van der Waals surface area contributed by atoms with Crippen molar-refractivity contribution in [3.05, 3.63) is 162 Å². The van der Waals surface area contributed by atoms with Crippen LogP contribution in [-0.2, 0) is 46.4 Å². The molecule has 5 aromatic rings. The maximum atomic E-state index is 14.8. The summed E-state index contributed by atoms with van der Waals surface area (Å²) in [5, 5.41) is 2.45. The Morgan fingerprint density at radius 1 is 0.667 bits per heavy atom. The minimum absolute atomic E-state index is 0.0354. The van der Waals surface area contributed by atoms with Gasteiger partial charge >= 0.3 is 18.4 Å². The van der Waals surface area contributed by atoms with Crippen molar-refractivity contribution < 1.29 is 55.9 Å². The highest BCUT2D eigenvalue weighted by Gasteiger charge is 2.53. The van der Waals surface area contributed by atoms with Gasteiger partial charge in [0, 0.05) is 5.92 Å². The van der Waals surface area contributed by atoms with Crippen molar-refractivity contribution >= 4 is 58.6 Å². The molecule has 1 heterocycles. The first-order chi connectivity index (χ1) is 30.3. The summed E-state index contributed by atoms with van der Waals surface area (Å²) in [6, 6.07) is 38.8. The summed E-state index contributed by atoms with van der Waals surface area (Å²) in [7, 11) is 0. The van der Waals surface area contributed by atoms with Gasteiger partial charge in [-0.2, -0.15) is 13.2 Å². The quantitative estimate of drug-likeness (QED) is 0.0502. The van der Waals surface area contributed by atoms with Gasteiger partial charge in [-0.05, 0) is 45.5 Å². The van der Waals surface area contributed by atoms with Crippen LogP contribution in [0, 0.1) is 0 Å². The van der Waals surface area contributed by atoms with E-state index in [-0.39, 0.29) is 38.0 Å². The summed E-state index contributed by atoms with van der Waals surface area (Å²) in [5.41, 5.74) is 5.17. The molecule has 1 aliphatic heterocycles. The minimum atomic E-state index is -5.17. The third-order valence-corrected chi connectivity index (χ3v) is 10.3. The molecule has 11 nitrogen and oxygen atoms in total. The van der Waals surface area contributed by atoms with Gasteiger partial charge in [0.2, 0.25) is 10.1 Å². The van der Waals surface area contributed by atoms with E-state index in [1.54, 1.807) is 48.5 Å². The number of para-hydroxylation sites is 1. The van der Waals surface area contributed by atoms with Gasteiger partial charge in [0.1, 0.15) is 31.5 Å². The number of alkyl carbamates (subject to hydrolysis) is 1. The van der Waals surface area contributed by atoms with Crippen LogP contribution in [0.3, 0.4) is 0 Å². The molecule has 1 saturated heterocycles. The van der Waals surface area contributed by atoms with Gasteiger partial charge in [-0.1, -0.05) is 162 Å². The molecule has 3 unspecified atom stereocenters. The van der Waals surface area contributed by atoms with Crippen molar-refractivity contribution in [1.82, 2.24) is 5.32 Å². The van der Waals surface area contributed by atoms with E-state index >= 15 is 0 Å². The molecule has 0 radical (unpaired) electrons. The highest BCUT2D eigenvalue weighted by molar-refractivity contribution is 6.67. The molecule has 5 aromatic carbocycles. The third kappa shape index (κ3) is 12.4. The van der Waals surface area contributed by atoms with Gasteiger partial charge in [0.05, 0.1) is 25.5 Å². The molecule has 2 aliphatic rings. The molecule has 0 bridgehead atoms. The van der Waals surface area contributed by atoms with E-state index < -0.39 is 65.4 Å². The predicted octanol–water partition coefficient (Wildman–Crippen LogP) is 10.6. The average Bonchev–Trinajstić information content (AvgIpc) is 3.59. The van der Waals surface area contributed by atoms with E-state index in [0.717, 1.165) is 27.8 Å². The Balaban J connectivity index is 1.24. The number of ether oxygens (including phenoxy) is 7. The molecule has 330 valence electrons. The number of alkyl halides is 6. The summed E-state index contributed by atoms with van der Waals surface area (Å²) in [6.45, 7) is -1.41. The maximum absolute atomic E-state index is 14.8. The van der Waals surface area contributed by atoms with Crippen LogP contribution >= 0.6 is 34.8 Å². The fraction of sp³-hybridized carbons (Fsp3) is 0.283. The summed E-state index contributed by atoms with van der Waals surface area (Å²) >= 11 is 17.5. The highest BCUT2D eigenvalue weighted by atomic mass is 35.6. The lowest BCUT2D eigenvalue weighted by Gasteiger charge is -2.45. The van der Waals surface area contributed by atoms with Crippen molar-refractivity contribution in [3.8, 4) is 11.1 Å². The number of nitrogens with zero attached hydrogens (tertiary/aromatic N) is 1. The zero-order valence-corrected chi connectivity index (χ0v) is 35.4. The van der Waals surface area contributed by atoms with Crippen LogP contribution in [0.4, 0.5) is 28.4 Å². The van der Waals surface area contributed by atoms with Crippen LogP contribution in [0.5, 0.6) is 0 Å². The number of amides is 1. The number of carbonyl (C=O) groups is 2. The van der Waals surface area contributed by atoms with E-state index in [0.29, 0.717) is 5.56 Å². The maximum Gasteiger partial charge on any atom is 0.508 e. The number of fused-ring (bicyclic) bond motifs is 3. The van der Waals surface area contributed by atoms with Crippen molar-refractivity contribution in [2.24, 2.45) is 4.99 Å². The number of halogens is 6. The van der Waals surface area contributed by atoms with Gasteiger partial charge in [-0.15, -0.1) is 0 Å². The first kappa shape index (κ1) is 45.7. The lowest BCUT2D eigenvalue weighted by atomic mass is 9.96. The van der Waals surface area contributed by atoms with Crippen LogP contribution < -0.4 is 5.32 Å². The Hall–Kier alpha value is -5.35. The number of hydrogen-bond acceptors (Lipinski definition) is 10. The van der Waals surface area contributed by atoms with Crippen LogP contribution in [0.25, 0.3) is 11.1 Å². The number of rotatable bonds is 14. The summed E-state index contributed by atoms with van der Waals surface area (Å²) in [6.07, 6.45) is -14.1. The second-order valence-corrected chi connectivity index (χ2v) is 16.9. The van der Waals surface area contributed by atoms with Crippen LogP contribution in [0.2, 0.25) is 0 Å². The molecule has 1 aliphatic carbocycles. The normalized spacial score (nSPS) is 20.0. The molecule has 0 aromatic heterocycles. The van der Waals surface area contributed by atoms with Crippen LogP contribution in [-0.4, -0.2) is 78.6 Å². The van der Waals surface area contributed by atoms with Gasteiger partial charge in [0.15, 0.2) is 6.10 Å². The topological polar surface area (TPSA) is 123 Å². The summed E-state index contributed by atoms with van der Waals surface area (Å²) in [5.74, 6) is -2.06.